The monoisotopic (exact) mass is 362 g/mol. The fraction of sp³-hybridized carbons (Fsp3) is 0.588. The number of carbonyl (C=O) groups is 1. The van der Waals surface area contributed by atoms with Crippen LogP contribution in [0.4, 0.5) is 8.78 Å². The smallest absolute Gasteiger partial charge is 0.387 e. The van der Waals surface area contributed by atoms with Crippen LogP contribution in [0.5, 0.6) is 5.75 Å². The van der Waals surface area contributed by atoms with Gasteiger partial charge in [-0.15, -0.1) is 12.4 Å². The Balaban J connectivity index is 0.00000288. The molecule has 1 heterocycles. The van der Waals surface area contributed by atoms with Gasteiger partial charge in [-0.1, -0.05) is 19.1 Å². The van der Waals surface area contributed by atoms with E-state index in [1.807, 2.05) is 0 Å². The van der Waals surface area contributed by atoms with E-state index in [0.29, 0.717) is 24.8 Å². The predicted octanol–water partition coefficient (Wildman–Crippen LogP) is 3.35. The molecule has 1 aliphatic heterocycles. The first kappa shape index (κ1) is 20.6. The Kier molecular flexibility index (Phi) is 9.00. The van der Waals surface area contributed by atoms with Gasteiger partial charge in [-0.3, -0.25) is 4.79 Å². The fourth-order valence-corrected chi connectivity index (χ4v) is 2.93. The van der Waals surface area contributed by atoms with E-state index < -0.39 is 6.61 Å². The summed E-state index contributed by atoms with van der Waals surface area (Å²) in [6, 6.07) is 6.30. The van der Waals surface area contributed by atoms with E-state index in [2.05, 4.69) is 22.3 Å². The van der Waals surface area contributed by atoms with Crippen LogP contribution in [0.1, 0.15) is 31.7 Å². The summed E-state index contributed by atoms with van der Waals surface area (Å²) in [4.78, 5) is 12.0. The van der Waals surface area contributed by atoms with Gasteiger partial charge in [-0.2, -0.15) is 8.78 Å². The van der Waals surface area contributed by atoms with Crippen LogP contribution in [0, 0.1) is 11.8 Å². The average molecular weight is 363 g/mol. The molecule has 1 atom stereocenters. The van der Waals surface area contributed by atoms with Crippen LogP contribution in [0.2, 0.25) is 0 Å². The van der Waals surface area contributed by atoms with E-state index >= 15 is 0 Å². The van der Waals surface area contributed by atoms with Gasteiger partial charge in [0.25, 0.3) is 0 Å². The molecule has 1 aromatic rings. The number of hydrogen-bond acceptors (Lipinski definition) is 3. The number of hydrogen-bond donors (Lipinski definition) is 2. The standard InChI is InChI=1S/C17H24F2N2O2.ClH/c1-12(14-6-8-20-9-7-14)10-16(22)21-11-13-2-4-15(5-3-13)23-17(18)19;/h2-5,12,14,17,20H,6-11H2,1H3,(H,21,22);1H. The van der Waals surface area contributed by atoms with Gasteiger partial charge in [-0.25, -0.2) is 0 Å². The molecule has 2 rings (SSSR count). The molecule has 1 fully saturated rings. The summed E-state index contributed by atoms with van der Waals surface area (Å²) in [6.07, 6.45) is 2.78. The van der Waals surface area contributed by atoms with Crippen molar-refractivity contribution in [3.63, 3.8) is 0 Å². The molecule has 1 saturated heterocycles. The summed E-state index contributed by atoms with van der Waals surface area (Å²) in [5.74, 6) is 1.13. The Labute approximate surface area is 147 Å². The lowest BCUT2D eigenvalue weighted by Gasteiger charge is -2.27. The van der Waals surface area contributed by atoms with Gasteiger partial charge in [-0.05, 0) is 55.5 Å². The molecule has 0 saturated carbocycles. The highest BCUT2D eigenvalue weighted by molar-refractivity contribution is 5.85. The van der Waals surface area contributed by atoms with Crippen molar-refractivity contribution >= 4 is 18.3 Å². The third-order valence-corrected chi connectivity index (χ3v) is 4.33. The molecule has 4 nitrogen and oxygen atoms in total. The molecule has 24 heavy (non-hydrogen) atoms. The largest absolute Gasteiger partial charge is 0.435 e. The van der Waals surface area contributed by atoms with Gasteiger partial charge in [0.15, 0.2) is 0 Å². The number of rotatable bonds is 7. The second-order valence-corrected chi connectivity index (χ2v) is 6.07. The number of carbonyl (C=O) groups excluding carboxylic acids is 1. The normalized spacial score (nSPS) is 16.3. The zero-order valence-electron chi connectivity index (χ0n) is 13.8. The summed E-state index contributed by atoms with van der Waals surface area (Å²) < 4.78 is 28.4. The Morgan fingerprint density at radius 3 is 2.50 bits per heavy atom. The second-order valence-electron chi connectivity index (χ2n) is 6.07. The van der Waals surface area contributed by atoms with E-state index in [0.717, 1.165) is 31.5 Å². The van der Waals surface area contributed by atoms with Crippen molar-refractivity contribution in [1.29, 1.82) is 0 Å². The maximum absolute atomic E-state index is 12.1. The highest BCUT2D eigenvalue weighted by Gasteiger charge is 2.21. The van der Waals surface area contributed by atoms with Gasteiger partial charge in [0, 0.05) is 13.0 Å². The minimum Gasteiger partial charge on any atom is -0.435 e. The summed E-state index contributed by atoms with van der Waals surface area (Å²) in [7, 11) is 0. The SMILES string of the molecule is CC(CC(=O)NCc1ccc(OC(F)F)cc1)C1CCNCC1.Cl. The zero-order chi connectivity index (χ0) is 16.7. The van der Waals surface area contributed by atoms with Gasteiger partial charge in [0.1, 0.15) is 5.75 Å². The number of nitrogens with one attached hydrogen (secondary N) is 2. The first-order valence-corrected chi connectivity index (χ1v) is 8.05. The van der Waals surface area contributed by atoms with Crippen LogP contribution in [0.15, 0.2) is 24.3 Å². The predicted molar refractivity (Wildman–Crippen MR) is 91.5 cm³/mol. The molecule has 1 aliphatic rings. The summed E-state index contributed by atoms with van der Waals surface area (Å²) in [5.41, 5.74) is 0.856. The number of halogens is 3. The average Bonchev–Trinajstić information content (AvgIpc) is 2.54. The number of benzene rings is 1. The van der Waals surface area contributed by atoms with E-state index in [4.69, 9.17) is 0 Å². The minimum absolute atomic E-state index is 0. The van der Waals surface area contributed by atoms with Crippen molar-refractivity contribution in [2.75, 3.05) is 13.1 Å². The van der Waals surface area contributed by atoms with Crippen molar-refractivity contribution in [2.45, 2.75) is 39.3 Å². The minimum atomic E-state index is -2.82. The van der Waals surface area contributed by atoms with Gasteiger partial charge < -0.3 is 15.4 Å². The van der Waals surface area contributed by atoms with E-state index in [-0.39, 0.29) is 24.1 Å². The van der Waals surface area contributed by atoms with Crippen LogP contribution in [0.3, 0.4) is 0 Å². The van der Waals surface area contributed by atoms with Crippen molar-refractivity contribution in [3.05, 3.63) is 29.8 Å². The summed E-state index contributed by atoms with van der Waals surface area (Å²) in [6.45, 7) is 1.77. The third-order valence-electron chi connectivity index (χ3n) is 4.33. The molecule has 7 heteroatoms. The van der Waals surface area contributed by atoms with Crippen molar-refractivity contribution in [3.8, 4) is 5.75 Å². The van der Waals surface area contributed by atoms with Crippen LogP contribution >= 0.6 is 12.4 Å². The van der Waals surface area contributed by atoms with E-state index in [1.54, 1.807) is 12.1 Å². The Bertz CT molecular complexity index is 494. The molecule has 0 spiro atoms. The molecular weight excluding hydrogens is 338 g/mol. The topological polar surface area (TPSA) is 50.4 Å². The van der Waals surface area contributed by atoms with Crippen LogP contribution in [-0.4, -0.2) is 25.6 Å². The van der Waals surface area contributed by atoms with Gasteiger partial charge in [0.05, 0.1) is 0 Å². The maximum atomic E-state index is 12.1. The molecule has 1 aromatic carbocycles. The Morgan fingerprint density at radius 2 is 1.92 bits per heavy atom. The van der Waals surface area contributed by atoms with Gasteiger partial charge in [0.2, 0.25) is 5.91 Å². The lowest BCUT2D eigenvalue weighted by molar-refractivity contribution is -0.122. The molecule has 2 N–H and O–H groups in total. The van der Waals surface area contributed by atoms with E-state index in [9.17, 15) is 13.6 Å². The molecule has 136 valence electrons. The summed E-state index contributed by atoms with van der Waals surface area (Å²) in [5, 5.41) is 6.21. The maximum Gasteiger partial charge on any atom is 0.387 e. The molecule has 0 radical (unpaired) electrons. The Morgan fingerprint density at radius 1 is 1.29 bits per heavy atom. The van der Waals surface area contributed by atoms with Gasteiger partial charge >= 0.3 is 6.61 Å². The van der Waals surface area contributed by atoms with Crippen molar-refractivity contribution in [1.82, 2.24) is 10.6 Å². The van der Waals surface area contributed by atoms with Crippen molar-refractivity contribution < 1.29 is 18.3 Å². The molecule has 0 aromatic heterocycles. The van der Waals surface area contributed by atoms with Crippen LogP contribution < -0.4 is 15.4 Å². The molecule has 1 unspecified atom stereocenters. The number of amides is 1. The zero-order valence-corrected chi connectivity index (χ0v) is 14.6. The highest BCUT2D eigenvalue weighted by Crippen LogP contribution is 2.24. The molecule has 0 bridgehead atoms. The lowest BCUT2D eigenvalue weighted by atomic mass is 9.84. The highest BCUT2D eigenvalue weighted by atomic mass is 35.5. The molecule has 0 aliphatic carbocycles. The van der Waals surface area contributed by atoms with Crippen molar-refractivity contribution in [2.24, 2.45) is 11.8 Å². The lowest BCUT2D eigenvalue weighted by Crippen LogP contribution is -2.33. The van der Waals surface area contributed by atoms with E-state index in [1.165, 1.54) is 12.1 Å². The van der Waals surface area contributed by atoms with Crippen LogP contribution in [-0.2, 0) is 11.3 Å². The number of piperidine rings is 1. The first-order valence-electron chi connectivity index (χ1n) is 8.05. The number of alkyl halides is 2. The molecular formula is C17H25ClF2N2O2. The fourth-order valence-electron chi connectivity index (χ4n) is 2.93. The second kappa shape index (κ2) is 10.5. The molecule has 1 amide bonds. The number of ether oxygens (including phenoxy) is 1. The van der Waals surface area contributed by atoms with Crippen LogP contribution in [0.25, 0.3) is 0 Å². The quantitative estimate of drug-likeness (QED) is 0.782. The third kappa shape index (κ3) is 7.01. The Hall–Kier alpha value is -1.40. The summed E-state index contributed by atoms with van der Waals surface area (Å²) >= 11 is 0. The first-order chi connectivity index (χ1) is 11.0.